The SMILES string of the molecule is COC(=O)[C@](O)(c1ccc(O)c(O)c1)C(F)(F)F. The summed E-state index contributed by atoms with van der Waals surface area (Å²) in [6.07, 6.45) is -5.34. The summed E-state index contributed by atoms with van der Waals surface area (Å²) in [7, 11) is 0.680. The Morgan fingerprint density at radius 2 is 1.78 bits per heavy atom. The lowest BCUT2D eigenvalue weighted by Gasteiger charge is -2.28. The minimum absolute atomic E-state index is 0.430. The summed E-state index contributed by atoms with van der Waals surface area (Å²) in [5.74, 6) is -3.53. The van der Waals surface area contributed by atoms with E-state index in [-0.39, 0.29) is 0 Å². The fraction of sp³-hybridized carbons (Fsp3) is 0.300. The summed E-state index contributed by atoms with van der Waals surface area (Å²) >= 11 is 0. The molecule has 0 fully saturated rings. The van der Waals surface area contributed by atoms with Crippen LogP contribution in [0.25, 0.3) is 0 Å². The van der Waals surface area contributed by atoms with Gasteiger partial charge in [0, 0.05) is 5.56 Å². The summed E-state index contributed by atoms with van der Waals surface area (Å²) in [4.78, 5) is 11.1. The number of carbonyl (C=O) groups is 1. The van der Waals surface area contributed by atoms with Gasteiger partial charge < -0.3 is 20.1 Å². The Morgan fingerprint density at radius 3 is 2.17 bits per heavy atom. The monoisotopic (exact) mass is 266 g/mol. The fourth-order valence-corrected chi connectivity index (χ4v) is 1.29. The fourth-order valence-electron chi connectivity index (χ4n) is 1.29. The van der Waals surface area contributed by atoms with E-state index in [1.165, 1.54) is 0 Å². The van der Waals surface area contributed by atoms with Crippen LogP contribution in [0.5, 0.6) is 11.5 Å². The number of benzene rings is 1. The van der Waals surface area contributed by atoms with Gasteiger partial charge in [0.05, 0.1) is 7.11 Å². The van der Waals surface area contributed by atoms with E-state index >= 15 is 0 Å². The van der Waals surface area contributed by atoms with Crippen LogP contribution in [-0.4, -0.2) is 34.6 Å². The molecule has 1 rings (SSSR count). The number of alkyl halides is 3. The molecule has 100 valence electrons. The Hall–Kier alpha value is -1.96. The molecule has 0 aliphatic rings. The molecule has 1 aromatic rings. The Morgan fingerprint density at radius 1 is 1.22 bits per heavy atom. The maximum Gasteiger partial charge on any atom is 0.432 e. The molecule has 1 atom stereocenters. The summed E-state index contributed by atoms with van der Waals surface area (Å²) in [6, 6.07) is 1.80. The molecule has 0 amide bonds. The standard InChI is InChI=1S/C10H9F3O5/c1-18-8(16)9(17,10(11,12)13)5-2-3-6(14)7(15)4-5/h2-4,14-15,17H,1H3/t9-/m1/s1. The van der Waals surface area contributed by atoms with Gasteiger partial charge in [-0.15, -0.1) is 0 Å². The number of hydrogen-bond donors (Lipinski definition) is 3. The van der Waals surface area contributed by atoms with Crippen molar-refractivity contribution in [2.75, 3.05) is 7.11 Å². The number of hydrogen-bond acceptors (Lipinski definition) is 5. The lowest BCUT2D eigenvalue weighted by Crippen LogP contribution is -2.49. The molecule has 0 aliphatic heterocycles. The summed E-state index contributed by atoms with van der Waals surface area (Å²) in [5, 5.41) is 27.6. The lowest BCUT2D eigenvalue weighted by atomic mass is 9.93. The van der Waals surface area contributed by atoms with Crippen molar-refractivity contribution in [3.63, 3.8) is 0 Å². The van der Waals surface area contributed by atoms with Gasteiger partial charge in [0.2, 0.25) is 0 Å². The Labute approximate surface area is 99.0 Å². The van der Waals surface area contributed by atoms with Crippen LogP contribution in [0.1, 0.15) is 5.56 Å². The van der Waals surface area contributed by atoms with Crippen LogP contribution >= 0.6 is 0 Å². The van der Waals surface area contributed by atoms with Crippen molar-refractivity contribution in [1.29, 1.82) is 0 Å². The zero-order valence-electron chi connectivity index (χ0n) is 9.02. The molecule has 18 heavy (non-hydrogen) atoms. The maximum absolute atomic E-state index is 12.8. The molecule has 0 saturated heterocycles. The highest BCUT2D eigenvalue weighted by molar-refractivity contribution is 5.82. The van der Waals surface area contributed by atoms with Crippen molar-refractivity contribution >= 4 is 5.97 Å². The van der Waals surface area contributed by atoms with E-state index in [1.807, 2.05) is 0 Å². The zero-order valence-corrected chi connectivity index (χ0v) is 9.02. The average molecular weight is 266 g/mol. The molecule has 0 spiro atoms. The zero-order chi connectivity index (χ0) is 14.1. The second-order valence-electron chi connectivity index (χ2n) is 3.40. The Bertz CT molecular complexity index is 471. The highest BCUT2D eigenvalue weighted by Crippen LogP contribution is 2.42. The molecular weight excluding hydrogens is 257 g/mol. The summed E-state index contributed by atoms with van der Waals surface area (Å²) in [6.45, 7) is 0. The van der Waals surface area contributed by atoms with Crippen molar-refractivity contribution in [1.82, 2.24) is 0 Å². The third-order valence-corrected chi connectivity index (χ3v) is 2.28. The molecule has 0 heterocycles. The number of halogens is 3. The number of phenols is 2. The van der Waals surface area contributed by atoms with Gasteiger partial charge in [0.1, 0.15) is 0 Å². The number of esters is 1. The first-order chi connectivity index (χ1) is 8.14. The molecule has 0 bridgehead atoms. The van der Waals surface area contributed by atoms with Gasteiger partial charge in [-0.3, -0.25) is 0 Å². The lowest BCUT2D eigenvalue weighted by molar-refractivity contribution is -0.266. The van der Waals surface area contributed by atoms with E-state index in [0.29, 0.717) is 25.3 Å². The molecule has 1 aromatic carbocycles. The Kier molecular flexibility index (Phi) is 3.43. The highest BCUT2D eigenvalue weighted by Gasteiger charge is 2.62. The van der Waals surface area contributed by atoms with Crippen LogP contribution in [0.3, 0.4) is 0 Å². The molecule has 8 heteroatoms. The molecule has 0 unspecified atom stereocenters. The smallest absolute Gasteiger partial charge is 0.432 e. The number of carbonyl (C=O) groups excluding carboxylic acids is 1. The minimum atomic E-state index is -5.34. The normalized spacial score (nSPS) is 14.9. The van der Waals surface area contributed by atoms with Crippen LogP contribution in [-0.2, 0) is 15.1 Å². The van der Waals surface area contributed by atoms with Gasteiger partial charge in [-0.1, -0.05) is 6.07 Å². The van der Waals surface area contributed by atoms with Crippen LogP contribution in [0.2, 0.25) is 0 Å². The predicted molar refractivity (Wildman–Crippen MR) is 51.7 cm³/mol. The van der Waals surface area contributed by atoms with Gasteiger partial charge in [-0.2, -0.15) is 13.2 Å². The minimum Gasteiger partial charge on any atom is -0.504 e. The van der Waals surface area contributed by atoms with Gasteiger partial charge in [-0.05, 0) is 12.1 Å². The van der Waals surface area contributed by atoms with E-state index in [1.54, 1.807) is 0 Å². The number of aromatic hydroxyl groups is 2. The van der Waals surface area contributed by atoms with Crippen LogP contribution < -0.4 is 0 Å². The van der Waals surface area contributed by atoms with Gasteiger partial charge in [0.15, 0.2) is 11.5 Å². The van der Waals surface area contributed by atoms with Crippen molar-refractivity contribution in [2.45, 2.75) is 11.8 Å². The van der Waals surface area contributed by atoms with Crippen molar-refractivity contribution in [2.24, 2.45) is 0 Å². The van der Waals surface area contributed by atoms with Crippen molar-refractivity contribution in [3.05, 3.63) is 23.8 Å². The highest BCUT2D eigenvalue weighted by atomic mass is 19.4. The quantitative estimate of drug-likeness (QED) is 0.549. The number of rotatable bonds is 2. The van der Waals surface area contributed by atoms with Gasteiger partial charge in [0.25, 0.3) is 5.60 Å². The Balaban J connectivity index is 3.45. The average Bonchev–Trinajstić information content (AvgIpc) is 2.29. The number of ether oxygens (including phenoxy) is 1. The van der Waals surface area contributed by atoms with E-state index < -0.39 is 34.8 Å². The molecule has 0 aromatic heterocycles. The second kappa shape index (κ2) is 4.37. The van der Waals surface area contributed by atoms with Crippen LogP contribution in [0, 0.1) is 0 Å². The van der Waals surface area contributed by atoms with Crippen molar-refractivity contribution in [3.8, 4) is 11.5 Å². The van der Waals surface area contributed by atoms with E-state index in [0.717, 1.165) is 0 Å². The molecule has 0 radical (unpaired) electrons. The maximum atomic E-state index is 12.8. The largest absolute Gasteiger partial charge is 0.504 e. The van der Waals surface area contributed by atoms with Crippen LogP contribution in [0.4, 0.5) is 13.2 Å². The second-order valence-corrected chi connectivity index (χ2v) is 3.40. The first-order valence-corrected chi connectivity index (χ1v) is 4.54. The molecule has 5 nitrogen and oxygen atoms in total. The third kappa shape index (κ3) is 2.06. The van der Waals surface area contributed by atoms with E-state index in [4.69, 9.17) is 10.2 Å². The first kappa shape index (κ1) is 14.1. The summed E-state index contributed by atoms with van der Waals surface area (Å²) in [5.41, 5.74) is -4.87. The van der Waals surface area contributed by atoms with E-state index in [9.17, 15) is 23.1 Å². The first-order valence-electron chi connectivity index (χ1n) is 4.54. The number of aliphatic hydroxyl groups is 1. The molecular formula is C10H9F3O5. The van der Waals surface area contributed by atoms with Gasteiger partial charge >= 0.3 is 12.1 Å². The third-order valence-electron chi connectivity index (χ3n) is 2.28. The predicted octanol–water partition coefficient (Wildman–Crippen LogP) is 1.02. The molecule has 0 saturated carbocycles. The number of phenolic OH excluding ortho intramolecular Hbond substituents is 2. The topological polar surface area (TPSA) is 87.0 Å². The van der Waals surface area contributed by atoms with Crippen molar-refractivity contribution < 1.29 is 38.0 Å². The van der Waals surface area contributed by atoms with Gasteiger partial charge in [-0.25, -0.2) is 4.79 Å². The number of methoxy groups -OCH3 is 1. The van der Waals surface area contributed by atoms with Crippen LogP contribution in [0.15, 0.2) is 18.2 Å². The molecule has 0 aliphatic carbocycles. The summed E-state index contributed by atoms with van der Waals surface area (Å²) < 4.78 is 42.2. The molecule has 3 N–H and O–H groups in total. The van der Waals surface area contributed by atoms with E-state index in [2.05, 4.69) is 4.74 Å².